The molecule has 1 unspecified atom stereocenters. The minimum Gasteiger partial charge on any atom is -0.746 e. The van der Waals surface area contributed by atoms with Crippen LogP contribution in [0.15, 0.2) is 48.5 Å². The van der Waals surface area contributed by atoms with E-state index in [4.69, 9.17) is 11.6 Å². The summed E-state index contributed by atoms with van der Waals surface area (Å²) in [7, 11) is -4.75. The predicted molar refractivity (Wildman–Crippen MR) is 71.5 cm³/mol. The van der Waals surface area contributed by atoms with Gasteiger partial charge in [0.1, 0.15) is 10.1 Å². The van der Waals surface area contributed by atoms with E-state index >= 15 is 0 Å². The predicted octanol–water partition coefficient (Wildman–Crippen LogP) is -0.453. The summed E-state index contributed by atoms with van der Waals surface area (Å²) in [6, 6.07) is 13.2. The number of rotatable bonds is 3. The van der Waals surface area contributed by atoms with Gasteiger partial charge in [-0.15, -0.1) is 0 Å². The minimum absolute atomic E-state index is 0. The summed E-state index contributed by atoms with van der Waals surface area (Å²) in [5.74, 6) is 0. The molecule has 0 saturated heterocycles. The smallest absolute Gasteiger partial charge is 0.746 e. The van der Waals surface area contributed by atoms with Crippen LogP contribution >= 0.6 is 11.6 Å². The topological polar surface area (TPSA) is 77.4 Å². The zero-order valence-electron chi connectivity index (χ0n) is 10.7. The average Bonchev–Trinajstić information content (AvgIpc) is 2.38. The van der Waals surface area contributed by atoms with Crippen molar-refractivity contribution in [3.63, 3.8) is 0 Å². The van der Waals surface area contributed by atoms with Gasteiger partial charge < -0.3 is 9.66 Å². The van der Waals surface area contributed by atoms with E-state index in [-0.39, 0.29) is 35.1 Å². The van der Waals surface area contributed by atoms with Gasteiger partial charge in [0.15, 0.2) is 5.44 Å². The molecule has 0 radical (unpaired) electrons. The third kappa shape index (κ3) is 4.30. The molecule has 0 spiro atoms. The molecule has 0 saturated carbocycles. The first-order valence-electron chi connectivity index (χ1n) is 5.36. The third-order valence-electron chi connectivity index (χ3n) is 2.65. The maximum atomic E-state index is 10.7. The van der Waals surface area contributed by atoms with Crippen LogP contribution < -0.4 is 29.6 Å². The molecule has 0 aliphatic rings. The van der Waals surface area contributed by atoms with Crippen molar-refractivity contribution in [1.82, 2.24) is 0 Å². The van der Waals surface area contributed by atoms with Crippen LogP contribution in [0.1, 0.15) is 11.0 Å². The molecule has 2 aromatic rings. The molecular formula is C13H10ClNaO4S. The molecule has 4 nitrogen and oxygen atoms in total. The third-order valence-corrected chi connectivity index (χ3v) is 3.72. The molecule has 20 heavy (non-hydrogen) atoms. The van der Waals surface area contributed by atoms with Crippen LogP contribution in [0, 0.1) is 0 Å². The van der Waals surface area contributed by atoms with Crippen LogP contribution in [0.25, 0.3) is 11.1 Å². The van der Waals surface area contributed by atoms with Crippen LogP contribution in [-0.2, 0) is 10.1 Å². The van der Waals surface area contributed by atoms with Gasteiger partial charge in [-0.1, -0.05) is 48.0 Å². The first-order chi connectivity index (χ1) is 8.88. The van der Waals surface area contributed by atoms with Gasteiger partial charge in [-0.25, -0.2) is 8.42 Å². The zero-order chi connectivity index (χ0) is 14.0. The van der Waals surface area contributed by atoms with E-state index in [1.165, 1.54) is 12.1 Å². The fourth-order valence-corrected chi connectivity index (χ4v) is 2.27. The Hall–Kier alpha value is -0.400. The summed E-state index contributed by atoms with van der Waals surface area (Å²) >= 11 is 5.78. The second-order valence-corrected chi connectivity index (χ2v) is 5.84. The summed E-state index contributed by atoms with van der Waals surface area (Å²) in [5, 5.41) is 9.96. The van der Waals surface area contributed by atoms with Crippen molar-refractivity contribution in [3.8, 4) is 11.1 Å². The molecule has 0 aromatic heterocycles. The molecule has 0 aliphatic carbocycles. The Bertz CT molecular complexity index is 669. The van der Waals surface area contributed by atoms with Gasteiger partial charge in [-0.2, -0.15) is 0 Å². The number of aliphatic hydroxyl groups excluding tert-OH is 1. The minimum atomic E-state index is -4.75. The van der Waals surface area contributed by atoms with E-state index in [0.29, 0.717) is 5.02 Å². The molecular weight excluding hydrogens is 311 g/mol. The van der Waals surface area contributed by atoms with E-state index in [2.05, 4.69) is 0 Å². The van der Waals surface area contributed by atoms with Crippen LogP contribution in [0.5, 0.6) is 0 Å². The van der Waals surface area contributed by atoms with E-state index in [1.807, 2.05) is 12.1 Å². The second-order valence-electron chi connectivity index (χ2n) is 3.97. The van der Waals surface area contributed by atoms with Crippen molar-refractivity contribution in [2.45, 2.75) is 5.44 Å². The number of hydrogen-bond acceptors (Lipinski definition) is 4. The van der Waals surface area contributed by atoms with Crippen molar-refractivity contribution >= 4 is 21.7 Å². The van der Waals surface area contributed by atoms with Crippen LogP contribution in [-0.4, -0.2) is 18.1 Å². The average molecular weight is 321 g/mol. The maximum Gasteiger partial charge on any atom is 1.00 e. The molecule has 100 valence electrons. The summed E-state index contributed by atoms with van der Waals surface area (Å²) in [5.41, 5.74) is -0.259. The van der Waals surface area contributed by atoms with Gasteiger partial charge in [0.05, 0.1) is 0 Å². The number of halogens is 1. The molecule has 0 fully saturated rings. The largest absolute Gasteiger partial charge is 1.00 e. The van der Waals surface area contributed by atoms with E-state index in [1.54, 1.807) is 24.3 Å². The fraction of sp³-hybridized carbons (Fsp3) is 0.0769. The maximum absolute atomic E-state index is 10.7. The van der Waals surface area contributed by atoms with Crippen molar-refractivity contribution in [3.05, 3.63) is 59.1 Å². The molecule has 2 rings (SSSR count). The molecule has 7 heteroatoms. The number of hydrogen-bond donors (Lipinski definition) is 1. The van der Waals surface area contributed by atoms with Crippen LogP contribution in [0.4, 0.5) is 0 Å². The quantitative estimate of drug-likeness (QED) is 0.614. The molecule has 0 amide bonds. The Balaban J connectivity index is 0.00000200. The van der Waals surface area contributed by atoms with Gasteiger partial charge in [0, 0.05) is 5.02 Å². The number of benzene rings is 2. The Morgan fingerprint density at radius 1 is 0.950 bits per heavy atom. The monoisotopic (exact) mass is 320 g/mol. The Morgan fingerprint density at radius 3 is 1.75 bits per heavy atom. The normalized spacial score (nSPS) is 12.6. The van der Waals surface area contributed by atoms with Gasteiger partial charge in [0.2, 0.25) is 0 Å². The molecule has 0 heterocycles. The fourth-order valence-electron chi connectivity index (χ4n) is 1.65. The number of aliphatic hydroxyl groups is 1. The summed E-state index contributed by atoms with van der Waals surface area (Å²) < 4.78 is 32.1. The van der Waals surface area contributed by atoms with Crippen LogP contribution in [0.2, 0.25) is 5.02 Å². The van der Waals surface area contributed by atoms with Crippen molar-refractivity contribution in [2.75, 3.05) is 0 Å². The van der Waals surface area contributed by atoms with Crippen LogP contribution in [0.3, 0.4) is 0 Å². The van der Waals surface area contributed by atoms with Crippen molar-refractivity contribution < 1.29 is 47.6 Å². The summed E-state index contributed by atoms with van der Waals surface area (Å²) in [6.07, 6.45) is 0. The molecule has 0 bridgehead atoms. The van der Waals surface area contributed by atoms with E-state index in [9.17, 15) is 18.1 Å². The zero-order valence-corrected chi connectivity index (χ0v) is 14.2. The van der Waals surface area contributed by atoms with Crippen molar-refractivity contribution in [1.29, 1.82) is 0 Å². The Kier molecular flexibility index (Phi) is 6.22. The van der Waals surface area contributed by atoms with E-state index in [0.717, 1.165) is 11.1 Å². The SMILES string of the molecule is O=S(=O)([O-])C(O)c1ccc(-c2ccc(Cl)cc2)cc1.[Na+]. The molecule has 1 N–H and O–H groups in total. The molecule has 0 aliphatic heterocycles. The van der Waals surface area contributed by atoms with Crippen molar-refractivity contribution in [2.24, 2.45) is 0 Å². The standard InChI is InChI=1S/C13H11ClO4S.Na/c14-12-7-5-10(6-8-12)9-1-3-11(4-2-9)13(15)19(16,17)18;/h1-8,13,15H,(H,16,17,18);/q;+1/p-1. The van der Waals surface area contributed by atoms with Gasteiger partial charge in [-0.3, -0.25) is 0 Å². The molecule has 2 aromatic carbocycles. The summed E-state index contributed by atoms with van der Waals surface area (Å²) in [6.45, 7) is 0. The first-order valence-corrected chi connectivity index (χ1v) is 7.21. The summed E-state index contributed by atoms with van der Waals surface area (Å²) in [4.78, 5) is 0. The van der Waals surface area contributed by atoms with E-state index < -0.39 is 15.6 Å². The first kappa shape index (κ1) is 17.7. The Labute approximate surface area is 144 Å². The van der Waals surface area contributed by atoms with Gasteiger partial charge in [-0.05, 0) is 28.8 Å². The van der Waals surface area contributed by atoms with Gasteiger partial charge >= 0.3 is 29.6 Å². The Morgan fingerprint density at radius 2 is 1.35 bits per heavy atom. The molecule has 1 atom stereocenters. The second kappa shape index (κ2) is 7.04. The van der Waals surface area contributed by atoms with Gasteiger partial charge in [0.25, 0.3) is 0 Å².